The highest BCUT2D eigenvalue weighted by Crippen LogP contribution is 2.23. The summed E-state index contributed by atoms with van der Waals surface area (Å²) in [5.74, 6) is 0.489. The minimum absolute atomic E-state index is 0.171. The van der Waals surface area contributed by atoms with Gasteiger partial charge in [-0.15, -0.1) is 0 Å². The second kappa shape index (κ2) is 10.4. The minimum atomic E-state index is -0.171. The molecule has 0 radical (unpaired) electrons. The number of rotatable bonds is 6. The Balaban J connectivity index is 1.25. The highest BCUT2D eigenvalue weighted by Gasteiger charge is 2.12. The van der Waals surface area contributed by atoms with Crippen molar-refractivity contribution in [1.82, 2.24) is 9.97 Å². The molecule has 4 aromatic rings. The van der Waals surface area contributed by atoms with E-state index in [1.165, 1.54) is 11.9 Å². The van der Waals surface area contributed by atoms with Gasteiger partial charge in [-0.1, -0.05) is 35.9 Å². The zero-order valence-electron chi connectivity index (χ0n) is 19.6. The number of nitrogens with zero attached hydrogens (tertiary/aromatic N) is 3. The summed E-state index contributed by atoms with van der Waals surface area (Å²) >= 11 is 0. The third kappa shape index (κ3) is 5.65. The lowest BCUT2D eigenvalue weighted by Gasteiger charge is -2.28. The first kappa shape index (κ1) is 22.6. The summed E-state index contributed by atoms with van der Waals surface area (Å²) in [6.45, 7) is 5.30. The van der Waals surface area contributed by atoms with E-state index in [4.69, 9.17) is 4.74 Å². The molecular formula is C28H27N5O2. The number of anilines is 4. The lowest BCUT2D eigenvalue weighted by atomic mass is 10.1. The number of carbonyl (C=O) groups is 1. The first-order valence-electron chi connectivity index (χ1n) is 11.6. The Morgan fingerprint density at radius 1 is 0.886 bits per heavy atom. The van der Waals surface area contributed by atoms with E-state index in [1.807, 2.05) is 60.7 Å². The van der Waals surface area contributed by atoms with Gasteiger partial charge in [0.15, 0.2) is 0 Å². The van der Waals surface area contributed by atoms with Gasteiger partial charge in [-0.3, -0.25) is 4.79 Å². The number of amides is 1. The van der Waals surface area contributed by atoms with Crippen LogP contribution in [0.25, 0.3) is 11.3 Å². The van der Waals surface area contributed by atoms with Crippen LogP contribution >= 0.6 is 0 Å². The number of aryl methyl sites for hydroxylation is 1. The van der Waals surface area contributed by atoms with Gasteiger partial charge in [-0.25, -0.2) is 9.97 Å². The number of benzene rings is 3. The second-order valence-electron chi connectivity index (χ2n) is 8.46. The molecule has 5 rings (SSSR count). The maximum Gasteiger partial charge on any atom is 0.255 e. The van der Waals surface area contributed by atoms with E-state index in [-0.39, 0.29) is 5.91 Å². The molecule has 35 heavy (non-hydrogen) atoms. The van der Waals surface area contributed by atoms with Crippen molar-refractivity contribution in [2.24, 2.45) is 0 Å². The van der Waals surface area contributed by atoms with Gasteiger partial charge in [-0.2, -0.15) is 0 Å². The van der Waals surface area contributed by atoms with Gasteiger partial charge in [-0.05, 0) is 49.4 Å². The Morgan fingerprint density at radius 2 is 1.66 bits per heavy atom. The Kier molecular flexibility index (Phi) is 6.68. The summed E-state index contributed by atoms with van der Waals surface area (Å²) in [6, 6.07) is 25.4. The zero-order valence-corrected chi connectivity index (χ0v) is 19.6. The predicted octanol–water partition coefficient (Wildman–Crippen LogP) is 5.28. The van der Waals surface area contributed by atoms with Gasteiger partial charge < -0.3 is 20.3 Å². The SMILES string of the molecule is Cc1ccc(-c2cc(Nc3cccc(C(=O)Nc4ccc(N5CCOCC5)cc4)c3)ncn2)cc1. The van der Waals surface area contributed by atoms with Crippen LogP contribution in [0.15, 0.2) is 85.2 Å². The topological polar surface area (TPSA) is 79.4 Å². The van der Waals surface area contributed by atoms with E-state index in [0.717, 1.165) is 54.6 Å². The van der Waals surface area contributed by atoms with Crippen molar-refractivity contribution in [2.75, 3.05) is 41.8 Å². The molecule has 0 saturated carbocycles. The molecule has 1 fully saturated rings. The van der Waals surface area contributed by atoms with E-state index in [2.05, 4.69) is 44.6 Å². The van der Waals surface area contributed by atoms with Crippen LogP contribution in [0, 0.1) is 6.92 Å². The van der Waals surface area contributed by atoms with Crippen LogP contribution in [-0.2, 0) is 4.74 Å². The monoisotopic (exact) mass is 465 g/mol. The molecule has 0 spiro atoms. The molecule has 1 saturated heterocycles. The van der Waals surface area contributed by atoms with E-state index in [9.17, 15) is 4.79 Å². The van der Waals surface area contributed by atoms with E-state index in [0.29, 0.717) is 11.4 Å². The van der Waals surface area contributed by atoms with Crippen LogP contribution in [0.2, 0.25) is 0 Å². The Morgan fingerprint density at radius 3 is 2.43 bits per heavy atom. The standard InChI is InChI=1S/C28H27N5O2/c1-20-5-7-21(8-6-20)26-18-27(30-19-29-26)31-24-4-2-3-22(17-24)28(34)32-23-9-11-25(12-10-23)33-13-15-35-16-14-33/h2-12,17-19H,13-16H2,1H3,(H,32,34)(H,29,30,31). The molecule has 0 aliphatic carbocycles. The third-order valence-corrected chi connectivity index (χ3v) is 5.91. The molecule has 3 aromatic carbocycles. The lowest BCUT2D eigenvalue weighted by Crippen LogP contribution is -2.36. The van der Waals surface area contributed by atoms with Gasteiger partial charge in [0.05, 0.1) is 18.9 Å². The average Bonchev–Trinajstić information content (AvgIpc) is 2.90. The molecule has 7 nitrogen and oxygen atoms in total. The van der Waals surface area contributed by atoms with Crippen molar-refractivity contribution in [2.45, 2.75) is 6.92 Å². The summed E-state index contributed by atoms with van der Waals surface area (Å²) in [6.07, 6.45) is 1.54. The molecular weight excluding hydrogens is 438 g/mol. The Labute approximate surface area is 204 Å². The number of aromatic nitrogens is 2. The molecule has 0 bridgehead atoms. The van der Waals surface area contributed by atoms with Crippen LogP contribution in [0.5, 0.6) is 0 Å². The fraction of sp³-hybridized carbons (Fsp3) is 0.179. The summed E-state index contributed by atoms with van der Waals surface area (Å²) in [4.78, 5) is 23.9. The minimum Gasteiger partial charge on any atom is -0.378 e. The van der Waals surface area contributed by atoms with Crippen molar-refractivity contribution < 1.29 is 9.53 Å². The van der Waals surface area contributed by atoms with Crippen LogP contribution in [0.1, 0.15) is 15.9 Å². The van der Waals surface area contributed by atoms with Gasteiger partial charge in [0.2, 0.25) is 0 Å². The van der Waals surface area contributed by atoms with Crippen molar-refractivity contribution in [3.05, 3.63) is 96.3 Å². The molecule has 0 atom stereocenters. The van der Waals surface area contributed by atoms with E-state index >= 15 is 0 Å². The molecule has 2 heterocycles. The summed E-state index contributed by atoms with van der Waals surface area (Å²) in [5.41, 5.74) is 6.26. The maximum atomic E-state index is 12.9. The molecule has 1 amide bonds. The number of ether oxygens (including phenoxy) is 1. The summed E-state index contributed by atoms with van der Waals surface area (Å²) in [7, 11) is 0. The number of carbonyl (C=O) groups excluding carboxylic acids is 1. The van der Waals surface area contributed by atoms with Gasteiger partial charge in [0.25, 0.3) is 5.91 Å². The average molecular weight is 466 g/mol. The molecule has 0 unspecified atom stereocenters. The first-order chi connectivity index (χ1) is 17.1. The van der Waals surface area contributed by atoms with Crippen LogP contribution in [-0.4, -0.2) is 42.2 Å². The predicted molar refractivity (Wildman–Crippen MR) is 139 cm³/mol. The third-order valence-electron chi connectivity index (χ3n) is 5.91. The van der Waals surface area contributed by atoms with Crippen LogP contribution < -0.4 is 15.5 Å². The number of nitrogens with one attached hydrogen (secondary N) is 2. The van der Waals surface area contributed by atoms with Crippen molar-refractivity contribution >= 4 is 28.8 Å². The molecule has 1 aliphatic heterocycles. The van der Waals surface area contributed by atoms with Crippen LogP contribution in [0.4, 0.5) is 22.9 Å². The van der Waals surface area contributed by atoms with Crippen molar-refractivity contribution in [3.8, 4) is 11.3 Å². The van der Waals surface area contributed by atoms with Crippen molar-refractivity contribution in [3.63, 3.8) is 0 Å². The summed E-state index contributed by atoms with van der Waals surface area (Å²) in [5, 5.41) is 6.26. The van der Waals surface area contributed by atoms with Gasteiger partial charge in [0, 0.05) is 47.3 Å². The maximum absolute atomic E-state index is 12.9. The zero-order chi connectivity index (χ0) is 24.0. The van der Waals surface area contributed by atoms with Gasteiger partial charge in [0.1, 0.15) is 12.1 Å². The Hall–Kier alpha value is -4.23. The van der Waals surface area contributed by atoms with Gasteiger partial charge >= 0.3 is 0 Å². The Bertz CT molecular complexity index is 1300. The fourth-order valence-electron chi connectivity index (χ4n) is 3.97. The molecule has 2 N–H and O–H groups in total. The van der Waals surface area contributed by atoms with E-state index < -0.39 is 0 Å². The number of hydrogen-bond acceptors (Lipinski definition) is 6. The normalized spacial score (nSPS) is 13.3. The first-order valence-corrected chi connectivity index (χ1v) is 11.6. The second-order valence-corrected chi connectivity index (χ2v) is 8.46. The number of morpholine rings is 1. The fourth-order valence-corrected chi connectivity index (χ4v) is 3.97. The lowest BCUT2D eigenvalue weighted by molar-refractivity contribution is 0.102. The molecule has 1 aromatic heterocycles. The highest BCUT2D eigenvalue weighted by atomic mass is 16.5. The molecule has 7 heteroatoms. The van der Waals surface area contributed by atoms with Crippen LogP contribution in [0.3, 0.4) is 0 Å². The quantitative estimate of drug-likeness (QED) is 0.403. The smallest absolute Gasteiger partial charge is 0.255 e. The summed E-state index contributed by atoms with van der Waals surface area (Å²) < 4.78 is 5.41. The largest absolute Gasteiger partial charge is 0.378 e. The van der Waals surface area contributed by atoms with E-state index in [1.54, 1.807) is 6.07 Å². The molecule has 176 valence electrons. The molecule has 1 aliphatic rings. The highest BCUT2D eigenvalue weighted by molar-refractivity contribution is 6.05. The van der Waals surface area contributed by atoms with Crippen molar-refractivity contribution in [1.29, 1.82) is 0 Å². The number of hydrogen-bond donors (Lipinski definition) is 2.